The number of benzene rings is 2. The Morgan fingerprint density at radius 1 is 0.697 bits per heavy atom. The van der Waals surface area contributed by atoms with E-state index in [4.69, 9.17) is 17.3 Å². The van der Waals surface area contributed by atoms with Crippen LogP contribution < -0.4 is 5.73 Å². The predicted molar refractivity (Wildman–Crippen MR) is 129 cm³/mol. The topological polar surface area (TPSA) is 138 Å². The quantitative estimate of drug-likeness (QED) is 0.215. The molecule has 0 bridgehead atoms. The van der Waals surface area contributed by atoms with Gasteiger partial charge >= 0.3 is 11.4 Å². The van der Waals surface area contributed by atoms with E-state index in [0.717, 1.165) is 11.1 Å². The van der Waals surface area contributed by atoms with E-state index in [1.807, 2.05) is 36.4 Å². The number of rotatable bonds is 4. The largest absolute Gasteiger partial charge is 0.378 e. The van der Waals surface area contributed by atoms with Gasteiger partial charge in [0.2, 0.25) is 11.0 Å². The molecule has 0 unspecified atom stereocenters. The van der Waals surface area contributed by atoms with E-state index in [2.05, 4.69) is 9.97 Å². The second kappa shape index (κ2) is 11.3. The highest BCUT2D eigenvalue weighted by Crippen LogP contribution is 2.34. The number of nitrogens with two attached hydrogens (primary N) is 1. The summed E-state index contributed by atoms with van der Waals surface area (Å²) < 4.78 is 0. The Bertz CT molecular complexity index is 1160. The van der Waals surface area contributed by atoms with E-state index in [0.29, 0.717) is 11.1 Å². The number of hydrogen-bond acceptors (Lipinski definition) is 7. The first-order valence-corrected chi connectivity index (χ1v) is 9.56. The highest BCUT2D eigenvalue weighted by atomic mass is 35.5. The van der Waals surface area contributed by atoms with Crippen LogP contribution >= 0.6 is 11.6 Å². The molecule has 0 spiro atoms. The molecule has 0 saturated carbocycles. The van der Waals surface area contributed by atoms with Crippen molar-refractivity contribution in [1.29, 1.82) is 0 Å². The highest BCUT2D eigenvalue weighted by Gasteiger charge is 2.21. The lowest BCUT2D eigenvalue weighted by Crippen LogP contribution is -2.00. The number of nitrogens with zero attached hydrogens (tertiary/aromatic N) is 4. The molecule has 0 aliphatic carbocycles. The standard InChI is InChI=1S/C11H7ClN2O2.C11H9N3O2.CH4/c2*12-11-10(14(15)16)9(6-7-13-11)8-4-2-1-3-5-8;/h1-7H;1-7H,(H2,12,13);1H4. The third-order valence-corrected chi connectivity index (χ3v) is 4.64. The Morgan fingerprint density at radius 2 is 1.12 bits per heavy atom. The molecule has 0 atom stereocenters. The van der Waals surface area contributed by atoms with Crippen LogP contribution in [0, 0.1) is 20.2 Å². The molecule has 10 heteroatoms. The van der Waals surface area contributed by atoms with Gasteiger partial charge in [-0.3, -0.25) is 20.2 Å². The van der Waals surface area contributed by atoms with Gasteiger partial charge in [0.1, 0.15) is 0 Å². The molecule has 0 fully saturated rings. The molecule has 0 amide bonds. The first kappa shape index (κ1) is 24.9. The lowest BCUT2D eigenvalue weighted by molar-refractivity contribution is -0.384. The van der Waals surface area contributed by atoms with Gasteiger partial charge < -0.3 is 5.73 Å². The van der Waals surface area contributed by atoms with Crippen LogP contribution in [-0.2, 0) is 0 Å². The smallest absolute Gasteiger partial charge is 0.318 e. The van der Waals surface area contributed by atoms with Gasteiger partial charge in [-0.25, -0.2) is 9.97 Å². The minimum atomic E-state index is -0.516. The normalized spacial score (nSPS) is 9.73. The summed E-state index contributed by atoms with van der Waals surface area (Å²) in [4.78, 5) is 28.2. The lowest BCUT2D eigenvalue weighted by Gasteiger charge is -2.03. The summed E-state index contributed by atoms with van der Waals surface area (Å²) >= 11 is 5.72. The molecule has 0 radical (unpaired) electrons. The number of hydrogen-bond donors (Lipinski definition) is 1. The van der Waals surface area contributed by atoms with E-state index in [-0.39, 0.29) is 29.8 Å². The van der Waals surface area contributed by atoms with Gasteiger partial charge in [0, 0.05) is 12.4 Å². The summed E-state index contributed by atoms with van der Waals surface area (Å²) in [6.07, 6.45) is 2.92. The van der Waals surface area contributed by atoms with Crippen molar-refractivity contribution in [2.24, 2.45) is 0 Å². The molecule has 0 aliphatic heterocycles. The fraction of sp³-hybridized carbons (Fsp3) is 0.0435. The van der Waals surface area contributed by atoms with Gasteiger partial charge in [-0.1, -0.05) is 79.7 Å². The van der Waals surface area contributed by atoms with Gasteiger partial charge in [0.25, 0.3) is 0 Å². The molecule has 0 saturated heterocycles. The monoisotopic (exact) mass is 465 g/mol. The van der Waals surface area contributed by atoms with Gasteiger partial charge in [0.05, 0.1) is 21.0 Å². The van der Waals surface area contributed by atoms with Crippen molar-refractivity contribution in [1.82, 2.24) is 9.97 Å². The van der Waals surface area contributed by atoms with Crippen LogP contribution in [0.25, 0.3) is 22.3 Å². The van der Waals surface area contributed by atoms with Crippen molar-refractivity contribution < 1.29 is 9.85 Å². The summed E-state index contributed by atoms with van der Waals surface area (Å²) in [5.74, 6) is -0.0636. The maximum absolute atomic E-state index is 10.9. The van der Waals surface area contributed by atoms with E-state index >= 15 is 0 Å². The summed E-state index contributed by atoms with van der Waals surface area (Å²) in [5, 5.41) is 21.7. The number of nitrogen functional groups attached to an aromatic ring is 1. The lowest BCUT2D eigenvalue weighted by atomic mass is 10.1. The summed E-state index contributed by atoms with van der Waals surface area (Å²) in [7, 11) is 0. The number of halogens is 1. The molecule has 33 heavy (non-hydrogen) atoms. The maximum Gasteiger partial charge on any atom is 0.318 e. The second-order valence-corrected chi connectivity index (χ2v) is 6.69. The Kier molecular flexibility index (Phi) is 8.53. The third kappa shape index (κ3) is 5.86. The molecule has 2 aromatic carbocycles. The van der Waals surface area contributed by atoms with E-state index in [9.17, 15) is 20.2 Å². The van der Waals surface area contributed by atoms with Crippen LogP contribution in [0.2, 0.25) is 5.15 Å². The number of nitro groups is 2. The average Bonchev–Trinajstić information content (AvgIpc) is 2.80. The van der Waals surface area contributed by atoms with E-state index in [1.165, 1.54) is 12.4 Å². The van der Waals surface area contributed by atoms with E-state index in [1.54, 1.807) is 36.4 Å². The molecule has 4 rings (SSSR count). The molecule has 9 nitrogen and oxygen atoms in total. The third-order valence-electron chi connectivity index (χ3n) is 4.37. The molecule has 4 aromatic rings. The minimum Gasteiger partial charge on any atom is -0.378 e. The average molecular weight is 466 g/mol. The summed E-state index contributed by atoms with van der Waals surface area (Å²) in [6.45, 7) is 0. The Morgan fingerprint density at radius 3 is 1.58 bits per heavy atom. The summed E-state index contributed by atoms with van der Waals surface area (Å²) in [5.41, 5.74) is 7.67. The van der Waals surface area contributed by atoms with Crippen LogP contribution in [-0.4, -0.2) is 19.8 Å². The van der Waals surface area contributed by atoms with Gasteiger partial charge in [-0.05, 0) is 23.3 Å². The van der Waals surface area contributed by atoms with Gasteiger partial charge in [-0.2, -0.15) is 0 Å². The zero-order valence-electron chi connectivity index (χ0n) is 16.5. The zero-order chi connectivity index (χ0) is 23.1. The molecular formula is C23H20ClN5O4. The molecule has 2 heterocycles. The molecule has 2 aromatic heterocycles. The predicted octanol–water partition coefficient (Wildman–Crippen LogP) is 6.19. The Labute approximate surface area is 194 Å². The van der Waals surface area contributed by atoms with Gasteiger partial charge in [-0.15, -0.1) is 0 Å². The van der Waals surface area contributed by atoms with Crippen LogP contribution in [0.3, 0.4) is 0 Å². The Balaban J connectivity index is 0.000000227. The second-order valence-electron chi connectivity index (χ2n) is 6.34. The first-order valence-electron chi connectivity index (χ1n) is 9.18. The molecule has 168 valence electrons. The first-order chi connectivity index (χ1) is 15.4. The van der Waals surface area contributed by atoms with Crippen molar-refractivity contribution >= 4 is 28.8 Å². The SMILES string of the molecule is C.Nc1nccc(-c2ccccc2)c1[N+](=O)[O-].O=[N+]([O-])c1c(-c2ccccc2)ccnc1Cl. The number of anilines is 1. The zero-order valence-corrected chi connectivity index (χ0v) is 17.2. The Hall–Kier alpha value is -4.37. The van der Waals surface area contributed by atoms with Crippen LogP contribution in [0.4, 0.5) is 17.2 Å². The van der Waals surface area contributed by atoms with Crippen LogP contribution in [0.15, 0.2) is 85.2 Å². The van der Waals surface area contributed by atoms with Crippen molar-refractivity contribution in [3.8, 4) is 22.3 Å². The number of pyridine rings is 2. The molecule has 2 N–H and O–H groups in total. The summed E-state index contributed by atoms with van der Waals surface area (Å²) in [6, 6.07) is 21.3. The minimum absolute atomic E-state index is 0. The van der Waals surface area contributed by atoms with Crippen molar-refractivity contribution in [2.75, 3.05) is 5.73 Å². The van der Waals surface area contributed by atoms with Crippen LogP contribution in [0.5, 0.6) is 0 Å². The van der Waals surface area contributed by atoms with Gasteiger partial charge in [0.15, 0.2) is 0 Å². The highest BCUT2D eigenvalue weighted by molar-refractivity contribution is 6.32. The molecule has 0 aliphatic rings. The maximum atomic E-state index is 10.9. The van der Waals surface area contributed by atoms with Crippen molar-refractivity contribution in [3.05, 3.63) is 111 Å². The van der Waals surface area contributed by atoms with Crippen molar-refractivity contribution in [3.63, 3.8) is 0 Å². The van der Waals surface area contributed by atoms with Crippen molar-refractivity contribution in [2.45, 2.75) is 7.43 Å². The fourth-order valence-electron chi connectivity index (χ4n) is 2.97. The number of aromatic nitrogens is 2. The molecular weight excluding hydrogens is 446 g/mol. The van der Waals surface area contributed by atoms with E-state index < -0.39 is 9.85 Å². The fourth-order valence-corrected chi connectivity index (χ4v) is 3.19. The van der Waals surface area contributed by atoms with Crippen LogP contribution in [0.1, 0.15) is 7.43 Å².